The lowest BCUT2D eigenvalue weighted by atomic mass is 9.67. The molecule has 1 aliphatic heterocycles. The second kappa shape index (κ2) is 12.3. The molecule has 0 bridgehead atoms. The van der Waals surface area contributed by atoms with Crippen molar-refractivity contribution < 1.29 is 38.1 Å². The van der Waals surface area contributed by atoms with E-state index in [0.717, 1.165) is 5.56 Å². The predicted molar refractivity (Wildman–Crippen MR) is 147 cm³/mol. The molecule has 212 valence electrons. The molecule has 9 nitrogen and oxygen atoms in total. The summed E-state index contributed by atoms with van der Waals surface area (Å²) in [5, 5.41) is 3.31. The first kappa shape index (κ1) is 28.7. The number of carbonyl (C=O) groups excluding carboxylic acids is 3. The smallest absolute Gasteiger partial charge is 0.336 e. The molecule has 0 saturated carbocycles. The second-order valence-electron chi connectivity index (χ2n) is 9.47. The number of dihydropyridines is 1. The highest BCUT2D eigenvalue weighted by Crippen LogP contribution is 2.51. The number of methoxy groups -OCH3 is 3. The van der Waals surface area contributed by atoms with E-state index in [9.17, 15) is 14.4 Å². The molecule has 4 rings (SSSR count). The Bertz CT molecular complexity index is 1380. The van der Waals surface area contributed by atoms with E-state index in [-0.39, 0.29) is 18.8 Å². The van der Waals surface area contributed by atoms with Crippen LogP contribution in [0.5, 0.6) is 17.2 Å². The Morgan fingerprint density at radius 2 is 1.68 bits per heavy atom. The molecule has 1 aliphatic carbocycles. The minimum absolute atomic E-state index is 0.123. The van der Waals surface area contributed by atoms with E-state index in [4.69, 9.17) is 23.7 Å². The van der Waals surface area contributed by atoms with Crippen molar-refractivity contribution in [2.24, 2.45) is 5.92 Å². The number of hydrogen-bond donors (Lipinski definition) is 1. The number of para-hydroxylation sites is 1. The SMILES string of the molecule is CCOC(=O)C1=C(C)NC2=C(C(=O)[C@H](C(=O)OCC)[C@H](c3cccc(OC)c3)C2)[C@H]1c1cccc(OC)c1OC. The molecular formula is C31H35NO8. The highest BCUT2D eigenvalue weighted by molar-refractivity contribution is 6.13. The van der Waals surface area contributed by atoms with Crippen molar-refractivity contribution in [2.75, 3.05) is 34.5 Å². The van der Waals surface area contributed by atoms with Gasteiger partial charge in [0.2, 0.25) is 0 Å². The summed E-state index contributed by atoms with van der Waals surface area (Å²) in [6.07, 6.45) is 0.327. The fourth-order valence-electron chi connectivity index (χ4n) is 5.65. The number of rotatable bonds is 9. The van der Waals surface area contributed by atoms with Crippen LogP contribution in [0.1, 0.15) is 50.2 Å². The molecule has 0 amide bonds. The van der Waals surface area contributed by atoms with Crippen molar-refractivity contribution in [2.45, 2.75) is 39.0 Å². The number of ether oxygens (including phenoxy) is 5. The molecule has 2 aliphatic rings. The lowest BCUT2D eigenvalue weighted by Gasteiger charge is -2.39. The van der Waals surface area contributed by atoms with Gasteiger partial charge in [-0.15, -0.1) is 0 Å². The van der Waals surface area contributed by atoms with Crippen LogP contribution in [0.2, 0.25) is 0 Å². The maximum Gasteiger partial charge on any atom is 0.336 e. The Labute approximate surface area is 234 Å². The molecule has 0 spiro atoms. The molecule has 3 atom stereocenters. The number of carbonyl (C=O) groups is 3. The van der Waals surface area contributed by atoms with Gasteiger partial charge in [-0.1, -0.05) is 24.3 Å². The Morgan fingerprint density at radius 3 is 2.33 bits per heavy atom. The number of benzene rings is 2. The lowest BCUT2D eigenvalue weighted by Crippen LogP contribution is -2.43. The first-order valence-corrected chi connectivity index (χ1v) is 13.2. The van der Waals surface area contributed by atoms with Crippen molar-refractivity contribution in [3.8, 4) is 17.2 Å². The molecular weight excluding hydrogens is 514 g/mol. The average molecular weight is 550 g/mol. The molecule has 1 heterocycles. The first-order valence-electron chi connectivity index (χ1n) is 13.2. The Balaban J connectivity index is 1.96. The summed E-state index contributed by atoms with van der Waals surface area (Å²) in [5.74, 6) is -2.68. The number of nitrogens with one attached hydrogen (secondary N) is 1. The van der Waals surface area contributed by atoms with Gasteiger partial charge in [-0.05, 0) is 51.0 Å². The van der Waals surface area contributed by atoms with Gasteiger partial charge in [0.1, 0.15) is 11.7 Å². The number of allylic oxidation sites excluding steroid dienone is 3. The number of Topliss-reactive ketones (excluding diaryl/α,β-unsaturated/α-hetero) is 1. The first-order chi connectivity index (χ1) is 19.3. The number of ketones is 1. The van der Waals surface area contributed by atoms with Crippen LogP contribution in [0, 0.1) is 5.92 Å². The van der Waals surface area contributed by atoms with Crippen LogP contribution in [-0.4, -0.2) is 52.3 Å². The van der Waals surface area contributed by atoms with Gasteiger partial charge in [0, 0.05) is 28.4 Å². The van der Waals surface area contributed by atoms with Crippen molar-refractivity contribution in [3.63, 3.8) is 0 Å². The normalized spacial score (nSPS) is 20.4. The molecule has 0 saturated heterocycles. The van der Waals surface area contributed by atoms with Gasteiger partial charge in [-0.25, -0.2) is 4.79 Å². The zero-order chi connectivity index (χ0) is 29.0. The maximum atomic E-state index is 14.5. The minimum Gasteiger partial charge on any atom is -0.497 e. The third-order valence-corrected chi connectivity index (χ3v) is 7.32. The average Bonchev–Trinajstić information content (AvgIpc) is 2.95. The van der Waals surface area contributed by atoms with Crippen LogP contribution in [-0.2, 0) is 23.9 Å². The second-order valence-corrected chi connectivity index (χ2v) is 9.47. The third kappa shape index (κ3) is 5.15. The summed E-state index contributed by atoms with van der Waals surface area (Å²) >= 11 is 0. The van der Waals surface area contributed by atoms with E-state index in [1.54, 1.807) is 52.1 Å². The molecule has 40 heavy (non-hydrogen) atoms. The lowest BCUT2D eigenvalue weighted by molar-refractivity contribution is -0.152. The largest absolute Gasteiger partial charge is 0.497 e. The minimum atomic E-state index is -1.13. The van der Waals surface area contributed by atoms with Gasteiger partial charge >= 0.3 is 11.9 Å². The summed E-state index contributed by atoms with van der Waals surface area (Å²) in [7, 11) is 4.58. The van der Waals surface area contributed by atoms with Crippen LogP contribution in [0.25, 0.3) is 0 Å². The molecule has 0 aromatic heterocycles. The molecule has 0 fully saturated rings. The van der Waals surface area contributed by atoms with Gasteiger partial charge < -0.3 is 29.0 Å². The van der Waals surface area contributed by atoms with Crippen molar-refractivity contribution in [1.29, 1.82) is 0 Å². The summed E-state index contributed by atoms with van der Waals surface area (Å²) in [6, 6.07) is 12.6. The van der Waals surface area contributed by atoms with E-state index in [1.807, 2.05) is 18.2 Å². The third-order valence-electron chi connectivity index (χ3n) is 7.32. The topological polar surface area (TPSA) is 109 Å². The van der Waals surface area contributed by atoms with Crippen LogP contribution >= 0.6 is 0 Å². The molecule has 0 unspecified atom stereocenters. The summed E-state index contributed by atoms with van der Waals surface area (Å²) in [6.45, 7) is 5.47. The van der Waals surface area contributed by atoms with E-state index < -0.39 is 35.5 Å². The molecule has 9 heteroatoms. The molecule has 0 radical (unpaired) electrons. The quantitative estimate of drug-likeness (QED) is 0.359. The standard InChI is InChI=1S/C31H35NO8/c1-7-39-30(34)24-17(3)32-22-16-21(18-11-9-12-19(15-18)36-4)26(31(35)40-8-2)28(33)27(22)25(24)20-13-10-14-23(37-5)29(20)38-6/h9-15,21,25-26,32H,7-8,16H2,1-6H3/t21-,25-,26+/m0/s1. The van der Waals surface area contributed by atoms with Gasteiger partial charge in [-0.2, -0.15) is 0 Å². The Kier molecular flexibility index (Phi) is 8.82. The van der Waals surface area contributed by atoms with Crippen LogP contribution in [0.3, 0.4) is 0 Å². The molecule has 2 aromatic rings. The van der Waals surface area contributed by atoms with E-state index in [1.165, 1.54) is 14.2 Å². The number of hydrogen-bond acceptors (Lipinski definition) is 9. The molecule has 2 aromatic carbocycles. The van der Waals surface area contributed by atoms with Gasteiger partial charge in [0.25, 0.3) is 0 Å². The van der Waals surface area contributed by atoms with E-state index in [0.29, 0.717) is 46.2 Å². The fourth-order valence-corrected chi connectivity index (χ4v) is 5.65. The van der Waals surface area contributed by atoms with Crippen LogP contribution in [0.15, 0.2) is 65.0 Å². The zero-order valence-corrected chi connectivity index (χ0v) is 23.7. The highest BCUT2D eigenvalue weighted by atomic mass is 16.5. The monoisotopic (exact) mass is 549 g/mol. The van der Waals surface area contributed by atoms with E-state index in [2.05, 4.69) is 5.32 Å². The Morgan fingerprint density at radius 1 is 0.950 bits per heavy atom. The molecule has 1 N–H and O–H groups in total. The van der Waals surface area contributed by atoms with Crippen molar-refractivity contribution in [1.82, 2.24) is 5.32 Å². The van der Waals surface area contributed by atoms with Gasteiger partial charge in [0.15, 0.2) is 17.3 Å². The summed E-state index contributed by atoms with van der Waals surface area (Å²) < 4.78 is 27.5. The number of esters is 2. The Hall–Kier alpha value is -4.27. The predicted octanol–water partition coefficient (Wildman–Crippen LogP) is 4.43. The fraction of sp³-hybridized carbons (Fsp3) is 0.387. The van der Waals surface area contributed by atoms with Crippen LogP contribution in [0.4, 0.5) is 0 Å². The van der Waals surface area contributed by atoms with Gasteiger partial charge in [-0.3, -0.25) is 9.59 Å². The van der Waals surface area contributed by atoms with E-state index >= 15 is 0 Å². The summed E-state index contributed by atoms with van der Waals surface area (Å²) in [4.78, 5) is 41.3. The highest BCUT2D eigenvalue weighted by Gasteiger charge is 2.49. The van der Waals surface area contributed by atoms with Crippen LogP contribution < -0.4 is 19.5 Å². The summed E-state index contributed by atoms with van der Waals surface area (Å²) in [5.41, 5.74) is 3.07. The zero-order valence-electron chi connectivity index (χ0n) is 23.7. The van der Waals surface area contributed by atoms with Crippen molar-refractivity contribution >= 4 is 17.7 Å². The van der Waals surface area contributed by atoms with Crippen molar-refractivity contribution in [3.05, 3.63) is 76.1 Å². The maximum absolute atomic E-state index is 14.5. The van der Waals surface area contributed by atoms with Gasteiger partial charge in [0.05, 0.1) is 46.0 Å².